The van der Waals surface area contributed by atoms with E-state index in [2.05, 4.69) is 15.6 Å². The second-order valence-electron chi connectivity index (χ2n) is 17.9. The molecule has 2 atom stereocenters. The molecule has 0 spiro atoms. The van der Waals surface area contributed by atoms with E-state index in [1.165, 1.54) is 0 Å². The average molecular weight is 1120 g/mol. The van der Waals surface area contributed by atoms with Gasteiger partial charge in [-0.05, 0) is 75.9 Å². The van der Waals surface area contributed by atoms with Gasteiger partial charge < -0.3 is 24.3 Å². The zero-order valence-corrected chi connectivity index (χ0v) is 50.2. The predicted molar refractivity (Wildman–Crippen MR) is 285 cm³/mol. The fourth-order valence-corrected chi connectivity index (χ4v) is 10.9. The minimum absolute atomic E-state index is 0. The van der Waals surface area contributed by atoms with Crippen LogP contribution in [0.1, 0.15) is 70.4 Å². The summed E-state index contributed by atoms with van der Waals surface area (Å²) >= 11 is 0. The molecule has 23 heteroatoms. The van der Waals surface area contributed by atoms with Gasteiger partial charge in [-0.1, -0.05) is 91.0 Å². The fraction of sp³-hybridized carbons (Fsp3) is 0.327. The van der Waals surface area contributed by atoms with Crippen molar-refractivity contribution in [2.75, 3.05) is 46.7 Å². The maximum atomic E-state index is 11.2. The fourth-order valence-electron chi connectivity index (χ4n) is 8.96. The summed E-state index contributed by atoms with van der Waals surface area (Å²) in [6.07, 6.45) is 7.13. The summed E-state index contributed by atoms with van der Waals surface area (Å²) in [6, 6.07) is 44.6. The number of rotatable bonds is 22. The largest absolute Gasteiger partial charge is 1.00 e. The minimum Gasteiger partial charge on any atom is -0.748 e. The van der Waals surface area contributed by atoms with Gasteiger partial charge in [0.1, 0.15) is 13.1 Å². The van der Waals surface area contributed by atoms with Gasteiger partial charge in [0.15, 0.2) is 11.4 Å². The molecule has 0 fully saturated rings. The van der Waals surface area contributed by atoms with Gasteiger partial charge in [0.25, 0.3) is 10.1 Å². The molecule has 0 saturated heterocycles. The Hall–Kier alpha value is -3.91. The van der Waals surface area contributed by atoms with Crippen LogP contribution in [0.2, 0.25) is 0 Å². The van der Waals surface area contributed by atoms with Crippen LogP contribution < -0.4 is 69.7 Å². The van der Waals surface area contributed by atoms with Gasteiger partial charge in [-0.2, -0.15) is 17.6 Å². The van der Waals surface area contributed by atoms with Gasteiger partial charge >= 0.3 is 59.1 Å². The van der Waals surface area contributed by atoms with Crippen LogP contribution in [0.25, 0.3) is 0 Å². The number of hydrogen-bond acceptors (Lipinski definition) is 13. The standard InChI is InChI=1S/C23H28N2O6S2.C16H23NO6S2.C13H12N2.2Na/c1-23(14-7-17-32(26,27)28)20-11-5-6-12-21(20)25(16-8-18-33(29,30)31)22(23)13-15-24-19-9-3-2-4-10-19;1-13-16(2,9-5-11-24(18,19)20)14-7-3-4-8-15(14)17(13)10-6-12-25(21,22)23;1-3-7-12(8-4-1)14-11-15-13-9-5-2-6-10-13;;/h2-6,9-13,15H,7-8,14,16-18H2,1H3,(H2,26,27,28,29,30,31);3-4,7-8H,5-6,9-12H2,1-2H3,(H-,18,19,20,21,22,23);1-11H,(H,14,15);;/q;;;2*+1/p-1. The summed E-state index contributed by atoms with van der Waals surface area (Å²) in [5.41, 5.74) is 7.46. The third-order valence-electron chi connectivity index (χ3n) is 12.6. The molecule has 2 aliphatic heterocycles. The van der Waals surface area contributed by atoms with Gasteiger partial charge in [0.05, 0.1) is 59.0 Å². The summed E-state index contributed by atoms with van der Waals surface area (Å²) < 4.78 is 134. The van der Waals surface area contributed by atoms with Crippen LogP contribution in [0.3, 0.4) is 0 Å². The van der Waals surface area contributed by atoms with Crippen LogP contribution in [0.5, 0.6) is 0 Å². The smallest absolute Gasteiger partial charge is 0.748 e. The van der Waals surface area contributed by atoms with Gasteiger partial charge in [0.2, 0.25) is 11.4 Å². The summed E-state index contributed by atoms with van der Waals surface area (Å²) in [6.45, 7) is 6.65. The summed E-state index contributed by atoms with van der Waals surface area (Å²) in [7, 11) is -16.9. The quantitative estimate of drug-likeness (QED) is 0.0295. The number of nitrogens with one attached hydrogen (secondary N) is 2. The molecule has 0 saturated carbocycles. The van der Waals surface area contributed by atoms with Gasteiger partial charge in [-0.3, -0.25) is 4.55 Å². The van der Waals surface area contributed by atoms with Crippen molar-refractivity contribution >= 4 is 86.7 Å². The molecular formula is C52H62N5Na2O12S4+. The second-order valence-corrected chi connectivity index (χ2v) is 24.0. The van der Waals surface area contributed by atoms with E-state index in [1.807, 2.05) is 176 Å². The molecule has 75 heavy (non-hydrogen) atoms. The zero-order valence-electron chi connectivity index (χ0n) is 42.9. The molecule has 2 unspecified atom stereocenters. The van der Waals surface area contributed by atoms with Crippen LogP contribution in [-0.2, 0) is 51.3 Å². The van der Waals surface area contributed by atoms with E-state index >= 15 is 0 Å². The third kappa shape index (κ3) is 21.1. The van der Waals surface area contributed by atoms with E-state index in [-0.39, 0.29) is 90.6 Å². The second kappa shape index (κ2) is 29.7. The van der Waals surface area contributed by atoms with E-state index in [0.717, 1.165) is 51.0 Å². The van der Waals surface area contributed by atoms with Crippen molar-refractivity contribution in [1.82, 2.24) is 0 Å². The van der Waals surface area contributed by atoms with Crippen molar-refractivity contribution in [2.24, 2.45) is 4.99 Å². The normalized spacial score (nSPS) is 17.2. The molecule has 0 bridgehead atoms. The number of hydrogen-bond donors (Lipinski definition) is 3. The molecule has 0 radical (unpaired) electrons. The Kier molecular flexibility index (Phi) is 25.9. The zero-order chi connectivity index (χ0) is 53.3. The van der Waals surface area contributed by atoms with E-state index in [9.17, 15) is 47.3 Å². The molecule has 392 valence electrons. The van der Waals surface area contributed by atoms with Crippen LogP contribution in [0.15, 0.2) is 157 Å². The molecule has 0 aliphatic carbocycles. The summed E-state index contributed by atoms with van der Waals surface area (Å²) in [5, 5.41) is 6.30. The Balaban J connectivity index is 0.000000312. The molecule has 5 aromatic rings. The van der Waals surface area contributed by atoms with Crippen molar-refractivity contribution in [3.05, 3.63) is 163 Å². The first-order valence-corrected chi connectivity index (χ1v) is 29.8. The Morgan fingerprint density at radius 3 is 1.44 bits per heavy atom. The Labute approximate surface area is 487 Å². The Morgan fingerprint density at radius 2 is 0.933 bits per heavy atom. The van der Waals surface area contributed by atoms with E-state index in [0.29, 0.717) is 25.9 Å². The summed E-state index contributed by atoms with van der Waals surface area (Å²) in [4.78, 5) is 4.27. The first-order valence-electron chi connectivity index (χ1n) is 23.5. The Bertz CT molecular complexity index is 3240. The average Bonchev–Trinajstić information content (AvgIpc) is 3.68. The van der Waals surface area contributed by atoms with Crippen molar-refractivity contribution in [3.63, 3.8) is 0 Å². The van der Waals surface area contributed by atoms with Crippen molar-refractivity contribution < 1.29 is 120 Å². The molecule has 0 amide bonds. The number of allylic oxidation sites excluding steroid dienone is 1. The minimum atomic E-state index is -4.34. The van der Waals surface area contributed by atoms with Gasteiger partial charge in [0, 0.05) is 83.9 Å². The summed E-state index contributed by atoms with van der Waals surface area (Å²) in [5.74, 6) is -1.65. The SMILES string of the molecule is C(=Nc1ccccc1)Nc1ccccc1.CC1(CCCS(=O)(=O)[O-])C(/C=C/Nc2ccccc2)=[N+](CCCS(=O)(=O)[O-])c2ccccc21.CC1=[N+](CCCS(=O)(=O)O)c2ccccc2C1(C)CCCS(=O)(=O)[O-].[Na+].[Na+]. The molecule has 17 nitrogen and oxygen atoms in total. The first kappa shape index (κ1) is 65.4. The Morgan fingerprint density at radius 1 is 0.533 bits per heavy atom. The third-order valence-corrected chi connectivity index (χ3v) is 15.8. The molecular weight excluding hydrogens is 1060 g/mol. The molecule has 5 aromatic carbocycles. The topological polar surface area (TPSA) is 268 Å². The number of para-hydroxylation sites is 5. The first-order chi connectivity index (χ1) is 34.4. The number of aliphatic imine (C=N–C) groups is 1. The monoisotopic (exact) mass is 1120 g/mol. The number of nitrogens with zero attached hydrogens (tertiary/aromatic N) is 3. The van der Waals surface area contributed by atoms with Crippen molar-refractivity contribution in [2.45, 2.75) is 70.1 Å². The molecule has 3 N–H and O–H groups in total. The molecule has 2 aliphatic rings. The van der Waals surface area contributed by atoms with Gasteiger partial charge in [-0.15, -0.1) is 0 Å². The maximum Gasteiger partial charge on any atom is 1.00 e. The van der Waals surface area contributed by atoms with E-state index < -0.39 is 68.6 Å². The maximum absolute atomic E-state index is 11.2. The molecule has 2 heterocycles. The van der Waals surface area contributed by atoms with Crippen molar-refractivity contribution in [1.29, 1.82) is 0 Å². The molecule has 7 rings (SSSR count). The molecule has 0 aromatic heterocycles. The number of anilines is 2. The van der Waals surface area contributed by atoms with Crippen LogP contribution in [-0.4, -0.2) is 115 Å². The van der Waals surface area contributed by atoms with Crippen LogP contribution in [0, 0.1) is 0 Å². The van der Waals surface area contributed by atoms with Crippen LogP contribution >= 0.6 is 0 Å². The van der Waals surface area contributed by atoms with Crippen LogP contribution in [0.4, 0.5) is 28.4 Å². The van der Waals surface area contributed by atoms with E-state index in [4.69, 9.17) is 4.55 Å². The van der Waals surface area contributed by atoms with Gasteiger partial charge in [-0.25, -0.2) is 30.2 Å². The predicted octanol–water partition coefficient (Wildman–Crippen LogP) is 2.06. The number of benzene rings is 5. The van der Waals surface area contributed by atoms with Crippen molar-refractivity contribution in [3.8, 4) is 0 Å². The van der Waals surface area contributed by atoms with E-state index in [1.54, 1.807) is 12.5 Å². The number of fused-ring (bicyclic) bond motifs is 2.